The summed E-state index contributed by atoms with van der Waals surface area (Å²) < 4.78 is 0. The zero-order valence-corrected chi connectivity index (χ0v) is 15.2. The van der Waals surface area contributed by atoms with Crippen molar-refractivity contribution < 1.29 is 9.90 Å². The number of rotatable bonds is 7. The molecule has 1 N–H and O–H groups in total. The first-order valence-electron chi connectivity index (χ1n) is 9.20. The van der Waals surface area contributed by atoms with E-state index in [0.29, 0.717) is 6.04 Å². The summed E-state index contributed by atoms with van der Waals surface area (Å²) in [5.41, 5.74) is 2.18. The van der Waals surface area contributed by atoms with Gasteiger partial charge >= 0.3 is 5.97 Å². The summed E-state index contributed by atoms with van der Waals surface area (Å²) in [6.45, 7) is 7.07. The van der Waals surface area contributed by atoms with Gasteiger partial charge < -0.3 is 5.11 Å². The van der Waals surface area contributed by atoms with Crippen LogP contribution in [0.5, 0.6) is 0 Å². The van der Waals surface area contributed by atoms with Gasteiger partial charge in [0.15, 0.2) is 5.69 Å². The van der Waals surface area contributed by atoms with Gasteiger partial charge in [-0.25, -0.2) is 9.78 Å². The number of nitrogens with zero attached hydrogens (tertiary/aromatic N) is 4. The minimum absolute atomic E-state index is 0.00745. The van der Waals surface area contributed by atoms with Gasteiger partial charge in [0.05, 0.1) is 18.1 Å². The van der Waals surface area contributed by atoms with E-state index in [1.165, 1.54) is 11.8 Å². The normalized spacial score (nSPS) is 16.1. The lowest BCUT2D eigenvalue weighted by Crippen LogP contribution is -2.44. The molecule has 26 heavy (non-hydrogen) atoms. The minimum Gasteiger partial charge on any atom is -0.476 e. The van der Waals surface area contributed by atoms with E-state index in [2.05, 4.69) is 57.0 Å². The highest BCUT2D eigenvalue weighted by Gasteiger charge is 2.24. The standard InChI is InChI=1S/C20H26N4O2/c1-2-24(14-16-6-4-3-5-7-16)18-8-10-23(11-9-18)15-17-12-22-19(13-21-17)20(25)26/h3-7,12-13,18H,2,8-11,14-15H2,1H3,(H,25,26). The lowest BCUT2D eigenvalue weighted by Gasteiger charge is -2.38. The second-order valence-corrected chi connectivity index (χ2v) is 6.75. The lowest BCUT2D eigenvalue weighted by molar-refractivity contribution is 0.0689. The second kappa shape index (κ2) is 8.87. The molecule has 2 aromatic rings. The average Bonchev–Trinajstić information content (AvgIpc) is 2.68. The molecular formula is C20H26N4O2. The molecule has 0 radical (unpaired) electrons. The Morgan fingerprint density at radius 3 is 2.50 bits per heavy atom. The molecule has 3 rings (SSSR count). The zero-order chi connectivity index (χ0) is 18.4. The van der Waals surface area contributed by atoms with Crippen molar-refractivity contribution in [1.29, 1.82) is 0 Å². The monoisotopic (exact) mass is 354 g/mol. The molecule has 1 fully saturated rings. The van der Waals surface area contributed by atoms with Crippen LogP contribution in [0, 0.1) is 0 Å². The highest BCUT2D eigenvalue weighted by atomic mass is 16.4. The predicted octanol–water partition coefficient (Wildman–Crippen LogP) is 2.66. The van der Waals surface area contributed by atoms with Crippen LogP contribution in [0.15, 0.2) is 42.7 Å². The number of piperidine rings is 1. The summed E-state index contributed by atoms with van der Waals surface area (Å²) in [7, 11) is 0. The van der Waals surface area contributed by atoms with Crippen LogP contribution < -0.4 is 0 Å². The maximum atomic E-state index is 10.8. The molecule has 138 valence electrons. The van der Waals surface area contributed by atoms with Crippen molar-refractivity contribution >= 4 is 5.97 Å². The van der Waals surface area contributed by atoms with Gasteiger partial charge in [-0.2, -0.15) is 0 Å². The largest absolute Gasteiger partial charge is 0.476 e. The Kier molecular flexibility index (Phi) is 6.30. The van der Waals surface area contributed by atoms with Crippen molar-refractivity contribution in [3.63, 3.8) is 0 Å². The van der Waals surface area contributed by atoms with E-state index < -0.39 is 5.97 Å². The van der Waals surface area contributed by atoms with Crippen molar-refractivity contribution in [2.75, 3.05) is 19.6 Å². The number of hydrogen-bond donors (Lipinski definition) is 1. The molecule has 0 spiro atoms. The number of carboxylic acids is 1. The number of likely N-dealkylation sites (tertiary alicyclic amines) is 1. The lowest BCUT2D eigenvalue weighted by atomic mass is 10.0. The van der Waals surface area contributed by atoms with Gasteiger partial charge in [0.1, 0.15) is 0 Å². The first kappa shape index (κ1) is 18.5. The Bertz CT molecular complexity index is 698. The third-order valence-corrected chi connectivity index (χ3v) is 5.02. The Morgan fingerprint density at radius 2 is 1.92 bits per heavy atom. The first-order valence-corrected chi connectivity index (χ1v) is 9.20. The molecule has 2 heterocycles. The maximum absolute atomic E-state index is 10.8. The molecule has 0 bridgehead atoms. The molecule has 1 aromatic carbocycles. The van der Waals surface area contributed by atoms with Crippen molar-refractivity contribution in [1.82, 2.24) is 19.8 Å². The van der Waals surface area contributed by atoms with E-state index in [1.54, 1.807) is 6.20 Å². The highest BCUT2D eigenvalue weighted by molar-refractivity contribution is 5.84. The summed E-state index contributed by atoms with van der Waals surface area (Å²) in [6.07, 6.45) is 5.19. The van der Waals surface area contributed by atoms with Crippen LogP contribution in [-0.4, -0.2) is 56.5 Å². The third kappa shape index (κ3) is 4.86. The van der Waals surface area contributed by atoms with Gasteiger partial charge in [-0.1, -0.05) is 37.3 Å². The Balaban J connectivity index is 1.50. The quantitative estimate of drug-likeness (QED) is 0.824. The van der Waals surface area contributed by atoms with Gasteiger partial charge in [0.2, 0.25) is 0 Å². The van der Waals surface area contributed by atoms with E-state index in [-0.39, 0.29) is 5.69 Å². The van der Waals surface area contributed by atoms with Crippen LogP contribution in [0.3, 0.4) is 0 Å². The van der Waals surface area contributed by atoms with Gasteiger partial charge in [-0.3, -0.25) is 14.8 Å². The van der Waals surface area contributed by atoms with E-state index in [9.17, 15) is 4.79 Å². The number of aromatic nitrogens is 2. The van der Waals surface area contributed by atoms with Crippen LogP contribution in [-0.2, 0) is 13.1 Å². The molecule has 1 aliphatic heterocycles. The van der Waals surface area contributed by atoms with Crippen LogP contribution >= 0.6 is 0 Å². The summed E-state index contributed by atoms with van der Waals surface area (Å²) in [5.74, 6) is -1.04. The molecule has 6 nitrogen and oxygen atoms in total. The van der Waals surface area contributed by atoms with Crippen molar-refractivity contribution in [2.24, 2.45) is 0 Å². The fourth-order valence-corrected chi connectivity index (χ4v) is 3.54. The van der Waals surface area contributed by atoms with E-state index in [1.807, 2.05) is 0 Å². The molecule has 6 heteroatoms. The predicted molar refractivity (Wildman–Crippen MR) is 99.8 cm³/mol. The van der Waals surface area contributed by atoms with Crippen LogP contribution in [0.2, 0.25) is 0 Å². The number of carbonyl (C=O) groups is 1. The fraction of sp³-hybridized carbons (Fsp3) is 0.450. The van der Waals surface area contributed by atoms with E-state index in [0.717, 1.165) is 51.3 Å². The minimum atomic E-state index is -1.04. The molecule has 1 saturated heterocycles. The Hall–Kier alpha value is -2.31. The van der Waals surface area contributed by atoms with Crippen LogP contribution in [0.25, 0.3) is 0 Å². The molecule has 0 aliphatic carbocycles. The van der Waals surface area contributed by atoms with Crippen molar-refractivity contribution in [3.8, 4) is 0 Å². The average molecular weight is 354 g/mol. The van der Waals surface area contributed by atoms with E-state index >= 15 is 0 Å². The molecule has 0 atom stereocenters. The topological polar surface area (TPSA) is 69.6 Å². The summed E-state index contributed by atoms with van der Waals surface area (Å²) in [6, 6.07) is 11.3. The Labute approximate surface area is 154 Å². The summed E-state index contributed by atoms with van der Waals surface area (Å²) >= 11 is 0. The SMILES string of the molecule is CCN(Cc1ccccc1)C1CCN(Cc2cnc(C(=O)O)cn2)CC1. The van der Waals surface area contributed by atoms with Gasteiger partial charge in [0, 0.05) is 32.2 Å². The molecule has 0 unspecified atom stereocenters. The molecule has 1 aliphatic rings. The van der Waals surface area contributed by atoms with Gasteiger partial charge in [-0.05, 0) is 24.9 Å². The molecule has 0 amide bonds. The third-order valence-electron chi connectivity index (χ3n) is 5.02. The first-order chi connectivity index (χ1) is 12.7. The second-order valence-electron chi connectivity index (χ2n) is 6.75. The van der Waals surface area contributed by atoms with Gasteiger partial charge in [0.25, 0.3) is 0 Å². The number of benzene rings is 1. The van der Waals surface area contributed by atoms with Crippen molar-refractivity contribution in [2.45, 2.75) is 38.9 Å². The number of aromatic carboxylic acids is 1. The van der Waals surface area contributed by atoms with Crippen LogP contribution in [0.1, 0.15) is 41.5 Å². The molecular weight excluding hydrogens is 328 g/mol. The van der Waals surface area contributed by atoms with Crippen molar-refractivity contribution in [3.05, 3.63) is 59.7 Å². The summed E-state index contributed by atoms with van der Waals surface area (Å²) in [5, 5.41) is 8.89. The fourth-order valence-electron chi connectivity index (χ4n) is 3.54. The van der Waals surface area contributed by atoms with Gasteiger partial charge in [-0.15, -0.1) is 0 Å². The number of carboxylic acid groups (broad SMARTS) is 1. The smallest absolute Gasteiger partial charge is 0.356 e. The molecule has 1 aromatic heterocycles. The van der Waals surface area contributed by atoms with Crippen LogP contribution in [0.4, 0.5) is 0 Å². The van der Waals surface area contributed by atoms with E-state index in [4.69, 9.17) is 5.11 Å². The Morgan fingerprint density at radius 1 is 1.19 bits per heavy atom. The zero-order valence-electron chi connectivity index (χ0n) is 15.2. The highest BCUT2D eigenvalue weighted by Crippen LogP contribution is 2.20. The summed E-state index contributed by atoms with van der Waals surface area (Å²) in [4.78, 5) is 24.0. The maximum Gasteiger partial charge on any atom is 0.356 e. The number of hydrogen-bond acceptors (Lipinski definition) is 5. The molecule has 0 saturated carbocycles.